The van der Waals surface area contributed by atoms with Gasteiger partial charge in [-0.3, -0.25) is 0 Å². The molecule has 0 aromatic heterocycles. The molecule has 0 amide bonds. The maximum Gasteiger partial charge on any atom is 0.0496 e. The van der Waals surface area contributed by atoms with Crippen molar-refractivity contribution in [3.8, 4) is 0 Å². The Balaban J connectivity index is 0. The maximum atomic E-state index is 4.71. The number of ether oxygens (including phenoxy) is 1. The second-order valence-corrected chi connectivity index (χ2v) is 1.07. The van der Waals surface area contributed by atoms with Gasteiger partial charge in [0.25, 0.3) is 0 Å². The van der Waals surface area contributed by atoms with Gasteiger partial charge in [0.2, 0.25) is 0 Å². The van der Waals surface area contributed by atoms with Crippen molar-refractivity contribution in [3.63, 3.8) is 0 Å². The zero-order valence-corrected chi connectivity index (χ0v) is 5.33. The van der Waals surface area contributed by atoms with Gasteiger partial charge in [-0.15, -0.1) is 19.0 Å². The Morgan fingerprint density at radius 1 is 1.71 bits per heavy atom. The molecule has 0 unspecified atom stereocenters. The quantitative estimate of drug-likeness (QED) is 0.409. The van der Waals surface area contributed by atoms with Gasteiger partial charge < -0.3 is 4.74 Å². The summed E-state index contributed by atoms with van der Waals surface area (Å²) in [6, 6.07) is 0. The van der Waals surface area contributed by atoms with E-state index in [0.717, 1.165) is 13.0 Å². The molecule has 0 spiro atoms. The highest BCUT2D eigenvalue weighted by Crippen LogP contribution is 1.76. The molecular formula is C5H11ClO. The predicted octanol–water partition coefficient (Wildman–Crippen LogP) is 1.63. The van der Waals surface area contributed by atoms with Crippen molar-refractivity contribution in [3.05, 3.63) is 12.7 Å². The van der Waals surface area contributed by atoms with Gasteiger partial charge in [0.15, 0.2) is 0 Å². The van der Waals surface area contributed by atoms with Gasteiger partial charge in [0.05, 0.1) is 0 Å². The summed E-state index contributed by atoms with van der Waals surface area (Å²) in [5.41, 5.74) is 0. The van der Waals surface area contributed by atoms with Crippen molar-refractivity contribution >= 4 is 12.4 Å². The summed E-state index contributed by atoms with van der Waals surface area (Å²) in [5, 5.41) is 0. The lowest BCUT2D eigenvalue weighted by molar-refractivity contribution is 0.204. The summed E-state index contributed by atoms with van der Waals surface area (Å²) in [7, 11) is 1.68. The Kier molecular flexibility index (Phi) is 13.5. The first-order valence-electron chi connectivity index (χ1n) is 2.01. The molecule has 0 atom stereocenters. The van der Waals surface area contributed by atoms with Crippen LogP contribution in [0, 0.1) is 0 Å². The van der Waals surface area contributed by atoms with E-state index in [1.54, 1.807) is 7.11 Å². The Morgan fingerprint density at radius 3 is 2.43 bits per heavy atom. The van der Waals surface area contributed by atoms with Crippen LogP contribution in [-0.2, 0) is 4.74 Å². The molecule has 0 aromatic rings. The predicted molar refractivity (Wildman–Crippen MR) is 33.9 cm³/mol. The Morgan fingerprint density at radius 2 is 2.29 bits per heavy atom. The summed E-state index contributed by atoms with van der Waals surface area (Å²) >= 11 is 0. The third kappa shape index (κ3) is 10.7. The van der Waals surface area contributed by atoms with Crippen LogP contribution in [0.4, 0.5) is 0 Å². The first-order valence-corrected chi connectivity index (χ1v) is 2.01. The lowest BCUT2D eigenvalue weighted by Crippen LogP contribution is -1.82. The summed E-state index contributed by atoms with van der Waals surface area (Å²) in [6.45, 7) is 4.31. The average molecular weight is 123 g/mol. The van der Waals surface area contributed by atoms with Crippen LogP contribution < -0.4 is 0 Å². The van der Waals surface area contributed by atoms with Crippen LogP contribution >= 0.6 is 12.4 Å². The zero-order chi connectivity index (χ0) is 4.83. The minimum Gasteiger partial charge on any atom is -0.384 e. The van der Waals surface area contributed by atoms with Crippen LogP contribution in [0.3, 0.4) is 0 Å². The molecule has 0 rings (SSSR count). The van der Waals surface area contributed by atoms with Gasteiger partial charge in [0, 0.05) is 13.7 Å². The molecule has 0 fully saturated rings. The minimum atomic E-state index is 0. The molecular weight excluding hydrogens is 112 g/mol. The van der Waals surface area contributed by atoms with Crippen LogP contribution in [0.5, 0.6) is 0 Å². The third-order valence-electron chi connectivity index (χ3n) is 0.526. The third-order valence-corrected chi connectivity index (χ3v) is 0.526. The molecule has 0 bridgehead atoms. The molecule has 0 aliphatic heterocycles. The molecule has 0 radical (unpaired) electrons. The van der Waals surface area contributed by atoms with Crippen LogP contribution in [0.2, 0.25) is 0 Å². The van der Waals surface area contributed by atoms with Gasteiger partial charge in [-0.05, 0) is 6.42 Å². The van der Waals surface area contributed by atoms with Crippen LogP contribution in [-0.4, -0.2) is 13.7 Å². The van der Waals surface area contributed by atoms with Gasteiger partial charge in [-0.2, -0.15) is 0 Å². The first-order chi connectivity index (χ1) is 2.91. The highest BCUT2D eigenvalue weighted by molar-refractivity contribution is 5.85. The fourth-order valence-corrected chi connectivity index (χ4v) is 0.201. The number of hydrogen-bond acceptors (Lipinski definition) is 1. The van der Waals surface area contributed by atoms with E-state index in [1.807, 2.05) is 6.08 Å². The van der Waals surface area contributed by atoms with Crippen molar-refractivity contribution < 1.29 is 4.74 Å². The summed E-state index contributed by atoms with van der Waals surface area (Å²) < 4.78 is 4.71. The lowest BCUT2D eigenvalue weighted by Gasteiger charge is -1.86. The number of hydrogen-bond donors (Lipinski definition) is 0. The van der Waals surface area contributed by atoms with Gasteiger partial charge in [-0.1, -0.05) is 6.08 Å². The largest absolute Gasteiger partial charge is 0.384 e. The summed E-state index contributed by atoms with van der Waals surface area (Å²) in [5.74, 6) is 0. The standard InChI is InChI=1S/C5H10O.ClH/c1-3-4-5-6-2;/h3H,1,4-5H2,2H3;1H. The SMILES string of the molecule is C=CCCOC.Cl. The minimum absolute atomic E-state index is 0. The van der Waals surface area contributed by atoms with Gasteiger partial charge in [-0.25, -0.2) is 0 Å². The van der Waals surface area contributed by atoms with E-state index in [2.05, 4.69) is 6.58 Å². The highest BCUT2D eigenvalue weighted by atomic mass is 35.5. The van der Waals surface area contributed by atoms with E-state index in [4.69, 9.17) is 4.74 Å². The molecule has 0 aromatic carbocycles. The molecule has 0 heterocycles. The molecule has 0 aliphatic carbocycles. The normalized spacial score (nSPS) is 7.00. The van der Waals surface area contributed by atoms with Gasteiger partial charge in [0.1, 0.15) is 0 Å². The highest BCUT2D eigenvalue weighted by Gasteiger charge is 1.69. The Labute approximate surface area is 50.8 Å². The van der Waals surface area contributed by atoms with Crippen molar-refractivity contribution in [1.82, 2.24) is 0 Å². The van der Waals surface area contributed by atoms with E-state index in [0.29, 0.717) is 0 Å². The summed E-state index contributed by atoms with van der Waals surface area (Å²) in [4.78, 5) is 0. The van der Waals surface area contributed by atoms with E-state index in [1.165, 1.54) is 0 Å². The molecule has 0 saturated heterocycles. The second-order valence-electron chi connectivity index (χ2n) is 1.07. The van der Waals surface area contributed by atoms with Crippen molar-refractivity contribution in [2.24, 2.45) is 0 Å². The lowest BCUT2D eigenvalue weighted by atomic mass is 10.5. The zero-order valence-electron chi connectivity index (χ0n) is 4.52. The number of methoxy groups -OCH3 is 1. The van der Waals surface area contributed by atoms with Crippen molar-refractivity contribution in [2.45, 2.75) is 6.42 Å². The van der Waals surface area contributed by atoms with E-state index in [9.17, 15) is 0 Å². The smallest absolute Gasteiger partial charge is 0.0496 e. The fraction of sp³-hybridized carbons (Fsp3) is 0.600. The maximum absolute atomic E-state index is 4.71. The van der Waals surface area contributed by atoms with Crippen LogP contribution in [0.15, 0.2) is 12.7 Å². The summed E-state index contributed by atoms with van der Waals surface area (Å²) in [6.07, 6.45) is 2.79. The number of rotatable bonds is 3. The molecule has 0 N–H and O–H groups in total. The van der Waals surface area contributed by atoms with Crippen LogP contribution in [0.1, 0.15) is 6.42 Å². The van der Waals surface area contributed by atoms with Crippen molar-refractivity contribution in [1.29, 1.82) is 0 Å². The molecule has 1 nitrogen and oxygen atoms in total. The number of halogens is 1. The molecule has 7 heavy (non-hydrogen) atoms. The Hall–Kier alpha value is -0.0100. The fourth-order valence-electron chi connectivity index (χ4n) is 0.201. The molecule has 0 aliphatic rings. The Bertz CT molecular complexity index is 37.1. The second kappa shape index (κ2) is 9.37. The van der Waals surface area contributed by atoms with E-state index in [-0.39, 0.29) is 12.4 Å². The van der Waals surface area contributed by atoms with Crippen molar-refractivity contribution in [2.75, 3.05) is 13.7 Å². The van der Waals surface area contributed by atoms with Gasteiger partial charge >= 0.3 is 0 Å². The monoisotopic (exact) mass is 122 g/mol. The molecule has 2 heteroatoms. The first kappa shape index (κ1) is 10.1. The van der Waals surface area contributed by atoms with E-state index < -0.39 is 0 Å². The molecule has 0 saturated carbocycles. The average Bonchev–Trinajstić information content (AvgIpc) is 1.61. The van der Waals surface area contributed by atoms with Crippen LogP contribution in [0.25, 0.3) is 0 Å². The topological polar surface area (TPSA) is 9.23 Å². The molecule has 44 valence electrons. The van der Waals surface area contributed by atoms with E-state index >= 15 is 0 Å².